The first-order valence-corrected chi connectivity index (χ1v) is 5.23. The molecule has 5 nitrogen and oxygen atoms in total. The van der Waals surface area contributed by atoms with E-state index in [2.05, 4.69) is 5.32 Å². The van der Waals surface area contributed by atoms with Gasteiger partial charge in [-0.05, 0) is 12.8 Å². The molecule has 0 aromatic carbocycles. The molecule has 5 atom stereocenters. The lowest BCUT2D eigenvalue weighted by molar-refractivity contribution is -0.163. The summed E-state index contributed by atoms with van der Waals surface area (Å²) in [5.74, 6) is -0.774. The Balaban J connectivity index is 2.19. The SMILES string of the molecule is CO[C@@H]1C2CCC([C@@H](C(=O)O)N2)[C@@H]1OC. The molecule has 3 rings (SSSR count). The molecule has 0 spiro atoms. The van der Waals surface area contributed by atoms with Gasteiger partial charge >= 0.3 is 5.97 Å². The molecule has 3 aliphatic rings. The number of hydrogen-bond acceptors (Lipinski definition) is 4. The second-order valence-electron chi connectivity index (χ2n) is 4.23. The summed E-state index contributed by atoms with van der Waals surface area (Å²) in [5.41, 5.74) is 0. The molecule has 0 aromatic heterocycles. The van der Waals surface area contributed by atoms with E-state index in [9.17, 15) is 4.79 Å². The maximum absolute atomic E-state index is 11.0. The van der Waals surface area contributed by atoms with Crippen molar-refractivity contribution in [2.75, 3.05) is 14.2 Å². The summed E-state index contributed by atoms with van der Waals surface area (Å²) < 4.78 is 10.8. The van der Waals surface area contributed by atoms with E-state index in [1.807, 2.05) is 0 Å². The van der Waals surface area contributed by atoms with Crippen molar-refractivity contribution in [1.29, 1.82) is 0 Å². The van der Waals surface area contributed by atoms with E-state index in [1.165, 1.54) is 0 Å². The number of carbonyl (C=O) groups is 1. The summed E-state index contributed by atoms with van der Waals surface area (Å²) in [6, 6.07) is -0.383. The van der Waals surface area contributed by atoms with Crippen LogP contribution in [0.5, 0.6) is 0 Å². The number of ether oxygens (including phenoxy) is 2. The molecule has 86 valence electrons. The molecule has 1 saturated carbocycles. The van der Waals surface area contributed by atoms with Crippen molar-refractivity contribution in [2.24, 2.45) is 5.92 Å². The zero-order valence-electron chi connectivity index (χ0n) is 8.97. The van der Waals surface area contributed by atoms with Crippen molar-refractivity contribution < 1.29 is 19.4 Å². The van der Waals surface area contributed by atoms with Crippen LogP contribution in [0, 0.1) is 5.92 Å². The van der Waals surface area contributed by atoms with Crippen LogP contribution in [0.4, 0.5) is 0 Å². The molecular formula is C10H17NO4. The number of nitrogens with one attached hydrogen (secondary N) is 1. The summed E-state index contributed by atoms with van der Waals surface area (Å²) in [6.45, 7) is 0. The molecule has 15 heavy (non-hydrogen) atoms. The minimum atomic E-state index is -0.790. The van der Waals surface area contributed by atoms with Gasteiger partial charge in [0.25, 0.3) is 0 Å². The number of methoxy groups -OCH3 is 2. The van der Waals surface area contributed by atoms with Gasteiger partial charge in [-0.2, -0.15) is 0 Å². The van der Waals surface area contributed by atoms with Crippen molar-refractivity contribution in [3.8, 4) is 0 Å². The molecule has 0 aromatic rings. The van der Waals surface area contributed by atoms with Crippen LogP contribution in [-0.2, 0) is 14.3 Å². The van der Waals surface area contributed by atoms with Gasteiger partial charge in [0, 0.05) is 26.2 Å². The molecule has 5 heteroatoms. The highest BCUT2D eigenvalue weighted by Gasteiger charge is 2.51. The molecule has 3 fully saturated rings. The van der Waals surface area contributed by atoms with Crippen molar-refractivity contribution >= 4 is 5.97 Å². The number of fused-ring (bicyclic) bond motifs is 3. The molecule has 2 saturated heterocycles. The van der Waals surface area contributed by atoms with Crippen LogP contribution in [0.2, 0.25) is 0 Å². The number of aliphatic carboxylic acids is 1. The fraction of sp³-hybridized carbons (Fsp3) is 0.900. The Morgan fingerprint density at radius 3 is 2.47 bits per heavy atom. The van der Waals surface area contributed by atoms with Gasteiger partial charge in [0.15, 0.2) is 0 Å². The molecule has 2 unspecified atom stereocenters. The lowest BCUT2D eigenvalue weighted by atomic mass is 9.72. The molecule has 2 N–H and O–H groups in total. The van der Waals surface area contributed by atoms with Gasteiger partial charge in [0.05, 0.1) is 12.2 Å². The minimum absolute atomic E-state index is 0.0162. The van der Waals surface area contributed by atoms with E-state index in [0.717, 1.165) is 12.8 Å². The summed E-state index contributed by atoms with van der Waals surface area (Å²) in [7, 11) is 3.27. The number of rotatable bonds is 3. The molecule has 0 amide bonds. The van der Waals surface area contributed by atoms with E-state index in [-0.39, 0.29) is 24.2 Å². The van der Waals surface area contributed by atoms with Crippen LogP contribution >= 0.6 is 0 Å². The predicted molar refractivity (Wildman–Crippen MR) is 52.7 cm³/mol. The van der Waals surface area contributed by atoms with Crippen molar-refractivity contribution in [3.05, 3.63) is 0 Å². The second kappa shape index (κ2) is 4.08. The summed E-state index contributed by atoms with van der Waals surface area (Å²) >= 11 is 0. The largest absolute Gasteiger partial charge is 0.480 e. The van der Waals surface area contributed by atoms with Crippen LogP contribution in [-0.4, -0.2) is 49.6 Å². The fourth-order valence-corrected chi connectivity index (χ4v) is 2.92. The van der Waals surface area contributed by atoms with Crippen LogP contribution in [0.3, 0.4) is 0 Å². The summed E-state index contributed by atoms with van der Waals surface area (Å²) in [5, 5.41) is 12.2. The number of hydrogen-bond donors (Lipinski definition) is 2. The summed E-state index contributed by atoms with van der Waals surface area (Å²) in [4.78, 5) is 11.0. The van der Waals surface area contributed by atoms with E-state index >= 15 is 0 Å². The van der Waals surface area contributed by atoms with Gasteiger partial charge in [-0.25, -0.2) is 0 Å². The third kappa shape index (κ3) is 1.64. The van der Waals surface area contributed by atoms with Crippen molar-refractivity contribution in [2.45, 2.75) is 37.1 Å². The minimum Gasteiger partial charge on any atom is -0.480 e. The van der Waals surface area contributed by atoms with E-state index < -0.39 is 12.0 Å². The van der Waals surface area contributed by atoms with Gasteiger partial charge in [-0.1, -0.05) is 0 Å². The average Bonchev–Trinajstić information content (AvgIpc) is 2.27. The Labute approximate surface area is 88.7 Å². The molecule has 2 bridgehead atoms. The Bertz CT molecular complexity index is 258. The predicted octanol–water partition coefficient (Wildman–Crippen LogP) is -0.149. The molecule has 0 radical (unpaired) electrons. The zero-order valence-corrected chi connectivity index (χ0v) is 8.97. The first-order chi connectivity index (χ1) is 7.19. The Hall–Kier alpha value is -0.650. The Morgan fingerprint density at radius 2 is 1.93 bits per heavy atom. The smallest absolute Gasteiger partial charge is 0.321 e. The van der Waals surface area contributed by atoms with E-state index in [0.29, 0.717) is 0 Å². The fourth-order valence-electron chi connectivity index (χ4n) is 2.92. The topological polar surface area (TPSA) is 67.8 Å². The zero-order chi connectivity index (χ0) is 11.0. The number of carboxylic acid groups (broad SMARTS) is 1. The lowest BCUT2D eigenvalue weighted by Gasteiger charge is -2.50. The van der Waals surface area contributed by atoms with Crippen molar-refractivity contribution in [1.82, 2.24) is 5.32 Å². The number of piperidine rings is 2. The van der Waals surface area contributed by atoms with E-state index in [4.69, 9.17) is 14.6 Å². The average molecular weight is 215 g/mol. The highest BCUT2D eigenvalue weighted by molar-refractivity contribution is 5.74. The quantitative estimate of drug-likeness (QED) is 0.685. The van der Waals surface area contributed by atoms with Gasteiger partial charge in [0.1, 0.15) is 6.04 Å². The summed E-state index contributed by atoms with van der Waals surface area (Å²) in [6.07, 6.45) is 1.74. The molecule has 2 aliphatic heterocycles. The lowest BCUT2D eigenvalue weighted by Crippen LogP contribution is -2.68. The van der Waals surface area contributed by atoms with Gasteiger partial charge in [0.2, 0.25) is 0 Å². The highest BCUT2D eigenvalue weighted by Crippen LogP contribution is 2.36. The maximum Gasteiger partial charge on any atom is 0.321 e. The molecule has 1 aliphatic carbocycles. The van der Waals surface area contributed by atoms with Gasteiger partial charge in [-0.15, -0.1) is 0 Å². The van der Waals surface area contributed by atoms with E-state index in [1.54, 1.807) is 14.2 Å². The first kappa shape index (κ1) is 10.9. The third-order valence-electron chi connectivity index (χ3n) is 3.59. The van der Waals surface area contributed by atoms with Crippen LogP contribution < -0.4 is 5.32 Å². The number of carboxylic acids is 1. The maximum atomic E-state index is 11.0. The Morgan fingerprint density at radius 1 is 1.27 bits per heavy atom. The van der Waals surface area contributed by atoms with Crippen LogP contribution in [0.15, 0.2) is 0 Å². The monoisotopic (exact) mass is 215 g/mol. The van der Waals surface area contributed by atoms with Gasteiger partial charge in [-0.3, -0.25) is 10.1 Å². The standard InChI is InChI=1S/C10H17NO4/c1-14-8-5-3-4-6(9(8)15-2)11-7(5)10(12)13/h5-9,11H,3-4H2,1-2H3,(H,12,13)/t5?,6?,7-,8-,9+/m0/s1. The third-order valence-corrected chi connectivity index (χ3v) is 3.59. The molecular weight excluding hydrogens is 198 g/mol. The molecule has 2 heterocycles. The highest BCUT2D eigenvalue weighted by atomic mass is 16.5. The Kier molecular flexibility index (Phi) is 2.95. The van der Waals surface area contributed by atoms with Crippen molar-refractivity contribution in [3.63, 3.8) is 0 Å². The second-order valence-corrected chi connectivity index (χ2v) is 4.23. The van der Waals surface area contributed by atoms with Gasteiger partial charge < -0.3 is 14.6 Å². The normalized spacial score (nSPS) is 44.3. The van der Waals surface area contributed by atoms with Crippen LogP contribution in [0.1, 0.15) is 12.8 Å². The first-order valence-electron chi connectivity index (χ1n) is 5.23. The van der Waals surface area contributed by atoms with Crippen LogP contribution in [0.25, 0.3) is 0 Å².